The summed E-state index contributed by atoms with van der Waals surface area (Å²) in [5.74, 6) is 0.00852. The predicted molar refractivity (Wildman–Crippen MR) is 68.0 cm³/mol. The Morgan fingerprint density at radius 2 is 2.12 bits per heavy atom. The molecule has 1 aromatic rings. The van der Waals surface area contributed by atoms with Gasteiger partial charge in [0.05, 0.1) is 11.5 Å². The Balaban J connectivity index is 2.08. The molecule has 0 aromatic heterocycles. The van der Waals surface area contributed by atoms with Gasteiger partial charge in [-0.25, -0.2) is 12.8 Å². The molecule has 0 radical (unpaired) electrons. The lowest BCUT2D eigenvalue weighted by molar-refractivity contribution is 0.378. The van der Waals surface area contributed by atoms with Gasteiger partial charge in [-0.3, -0.25) is 0 Å². The normalized spacial score (nSPS) is 16.8. The van der Waals surface area contributed by atoms with Crippen LogP contribution in [0.3, 0.4) is 0 Å². The molecule has 0 unspecified atom stereocenters. The highest BCUT2D eigenvalue weighted by atomic mass is 79.9. The van der Waals surface area contributed by atoms with Crippen LogP contribution in [0.5, 0.6) is 0 Å². The zero-order valence-corrected chi connectivity index (χ0v) is 11.5. The quantitative estimate of drug-likeness (QED) is 0.918. The van der Waals surface area contributed by atoms with Gasteiger partial charge in [0.2, 0.25) is 0 Å². The molecular weight excluding hydrogens is 309 g/mol. The maximum Gasteiger partial charge on any atom is 0.154 e. The Labute approximate surface area is 108 Å². The number of sulfone groups is 1. The van der Waals surface area contributed by atoms with E-state index in [2.05, 4.69) is 21.2 Å². The van der Waals surface area contributed by atoms with Gasteiger partial charge >= 0.3 is 0 Å². The van der Waals surface area contributed by atoms with E-state index in [0.717, 1.165) is 13.1 Å². The Morgan fingerprint density at radius 3 is 2.65 bits per heavy atom. The molecular formula is C11H13BrFNO2S. The van der Waals surface area contributed by atoms with Crippen LogP contribution in [-0.2, 0) is 15.6 Å². The van der Waals surface area contributed by atoms with Gasteiger partial charge in [0.25, 0.3) is 0 Å². The molecule has 0 amide bonds. The van der Waals surface area contributed by atoms with Gasteiger partial charge in [-0.15, -0.1) is 0 Å². The molecule has 1 aliphatic heterocycles. The van der Waals surface area contributed by atoms with E-state index in [1.54, 1.807) is 0 Å². The van der Waals surface area contributed by atoms with Crippen LogP contribution in [0.15, 0.2) is 22.7 Å². The van der Waals surface area contributed by atoms with Crippen LogP contribution in [0.25, 0.3) is 0 Å². The molecule has 0 spiro atoms. The smallest absolute Gasteiger partial charge is 0.154 e. The molecule has 1 saturated heterocycles. The third-order valence-electron chi connectivity index (χ3n) is 2.75. The number of nitrogens with one attached hydrogen (secondary N) is 1. The van der Waals surface area contributed by atoms with E-state index < -0.39 is 9.84 Å². The van der Waals surface area contributed by atoms with Gasteiger partial charge in [-0.1, -0.05) is 22.0 Å². The number of hydrogen-bond donors (Lipinski definition) is 1. The van der Waals surface area contributed by atoms with Gasteiger partial charge in [-0.05, 0) is 23.6 Å². The first-order chi connectivity index (χ1) is 7.96. The molecule has 1 heterocycles. The van der Waals surface area contributed by atoms with Crippen LogP contribution in [0.1, 0.15) is 5.56 Å². The number of rotatable bonds is 4. The highest BCUT2D eigenvalue weighted by Crippen LogP contribution is 2.21. The first-order valence-corrected chi connectivity index (χ1v) is 7.93. The van der Waals surface area contributed by atoms with Crippen molar-refractivity contribution in [1.82, 2.24) is 5.32 Å². The van der Waals surface area contributed by atoms with Gasteiger partial charge in [-0.2, -0.15) is 0 Å². The first-order valence-electron chi connectivity index (χ1n) is 5.31. The van der Waals surface area contributed by atoms with Crippen molar-refractivity contribution in [3.63, 3.8) is 0 Å². The highest BCUT2D eigenvalue weighted by Gasteiger charge is 2.24. The van der Waals surface area contributed by atoms with Crippen LogP contribution in [0.2, 0.25) is 0 Å². The monoisotopic (exact) mass is 321 g/mol. The van der Waals surface area contributed by atoms with Crippen molar-refractivity contribution in [1.29, 1.82) is 0 Å². The lowest BCUT2D eigenvalue weighted by atomic mass is 10.1. The van der Waals surface area contributed by atoms with Crippen molar-refractivity contribution in [2.75, 3.05) is 18.8 Å². The molecule has 0 atom stereocenters. The summed E-state index contributed by atoms with van der Waals surface area (Å²) < 4.78 is 37.2. The molecule has 0 aliphatic carbocycles. The third-order valence-corrected chi connectivity index (χ3v) is 5.21. The molecule has 0 bridgehead atoms. The molecule has 1 fully saturated rings. The summed E-state index contributed by atoms with van der Waals surface area (Å²) in [7, 11) is -3.12. The topological polar surface area (TPSA) is 46.2 Å². The van der Waals surface area contributed by atoms with Gasteiger partial charge in [0, 0.05) is 17.6 Å². The van der Waals surface area contributed by atoms with E-state index >= 15 is 0 Å². The average Bonchev–Trinajstić information content (AvgIpc) is 2.17. The Kier molecular flexibility index (Phi) is 3.85. The minimum absolute atomic E-state index is 0.0373. The van der Waals surface area contributed by atoms with Crippen molar-refractivity contribution in [2.24, 2.45) is 5.92 Å². The van der Waals surface area contributed by atoms with Crippen LogP contribution >= 0.6 is 15.9 Å². The van der Waals surface area contributed by atoms with Crippen molar-refractivity contribution < 1.29 is 12.8 Å². The number of hydrogen-bond acceptors (Lipinski definition) is 3. The van der Waals surface area contributed by atoms with Gasteiger partial charge < -0.3 is 5.32 Å². The van der Waals surface area contributed by atoms with E-state index in [1.165, 1.54) is 18.2 Å². The predicted octanol–water partition coefficient (Wildman–Crippen LogP) is 1.72. The fraction of sp³-hybridized carbons (Fsp3) is 0.455. The van der Waals surface area contributed by atoms with E-state index in [1.807, 2.05) is 0 Å². The molecule has 1 N–H and O–H groups in total. The van der Waals surface area contributed by atoms with E-state index in [0.29, 0.717) is 10.0 Å². The fourth-order valence-electron chi connectivity index (χ4n) is 1.76. The first kappa shape index (κ1) is 13.0. The highest BCUT2D eigenvalue weighted by molar-refractivity contribution is 9.10. The summed E-state index contributed by atoms with van der Waals surface area (Å²) in [5, 5.41) is 3.04. The summed E-state index contributed by atoms with van der Waals surface area (Å²) in [6, 6.07) is 4.08. The summed E-state index contributed by atoms with van der Waals surface area (Å²) in [6.45, 7) is 1.54. The van der Waals surface area contributed by atoms with Crippen molar-refractivity contribution in [2.45, 2.75) is 5.75 Å². The zero-order chi connectivity index (χ0) is 12.5. The summed E-state index contributed by atoms with van der Waals surface area (Å²) >= 11 is 3.18. The van der Waals surface area contributed by atoms with Crippen LogP contribution in [0, 0.1) is 11.7 Å². The largest absolute Gasteiger partial charge is 0.316 e. The molecule has 6 heteroatoms. The molecule has 1 aliphatic rings. The van der Waals surface area contributed by atoms with Gasteiger partial charge in [0.15, 0.2) is 9.84 Å². The minimum Gasteiger partial charge on any atom is -0.316 e. The van der Waals surface area contributed by atoms with Crippen LogP contribution < -0.4 is 5.32 Å². The minimum atomic E-state index is -3.12. The SMILES string of the molecule is O=S(=O)(Cc1ccc(F)cc1Br)CC1CNC1. The molecule has 3 nitrogen and oxygen atoms in total. The van der Waals surface area contributed by atoms with Crippen LogP contribution in [-0.4, -0.2) is 27.3 Å². The molecule has 1 aromatic carbocycles. The molecule has 17 heavy (non-hydrogen) atoms. The third kappa shape index (κ3) is 3.50. The average molecular weight is 322 g/mol. The maximum atomic E-state index is 12.9. The second kappa shape index (κ2) is 5.04. The Morgan fingerprint density at radius 1 is 1.41 bits per heavy atom. The summed E-state index contributed by atoms with van der Waals surface area (Å²) in [6.07, 6.45) is 0. The van der Waals surface area contributed by atoms with Crippen LogP contribution in [0.4, 0.5) is 4.39 Å². The van der Waals surface area contributed by atoms with E-state index in [4.69, 9.17) is 0 Å². The maximum absolute atomic E-state index is 12.9. The second-order valence-corrected chi connectivity index (χ2v) is 7.28. The van der Waals surface area contributed by atoms with E-state index in [9.17, 15) is 12.8 Å². The molecule has 0 saturated carbocycles. The standard InChI is InChI=1S/C11H13BrFNO2S/c12-11-3-10(13)2-1-9(11)7-17(15,16)6-8-4-14-5-8/h1-3,8,14H,4-7H2. The molecule has 2 rings (SSSR count). The van der Waals surface area contributed by atoms with Gasteiger partial charge in [0.1, 0.15) is 5.82 Å². The second-order valence-electron chi connectivity index (χ2n) is 4.31. The number of benzene rings is 1. The van der Waals surface area contributed by atoms with Crippen molar-refractivity contribution >= 4 is 25.8 Å². The van der Waals surface area contributed by atoms with Crippen molar-refractivity contribution in [3.05, 3.63) is 34.1 Å². The summed E-state index contributed by atoms with van der Waals surface area (Å²) in [4.78, 5) is 0. The van der Waals surface area contributed by atoms with Crippen molar-refractivity contribution in [3.8, 4) is 0 Å². The number of halogens is 2. The van der Waals surface area contributed by atoms with E-state index in [-0.39, 0.29) is 23.2 Å². The Bertz CT molecular complexity index is 514. The Hall–Kier alpha value is -0.460. The lowest BCUT2D eigenvalue weighted by Gasteiger charge is -2.26. The summed E-state index contributed by atoms with van der Waals surface area (Å²) in [5.41, 5.74) is 0.610. The lowest BCUT2D eigenvalue weighted by Crippen LogP contribution is -2.45. The zero-order valence-electron chi connectivity index (χ0n) is 9.12. The molecule has 94 valence electrons. The fourth-order valence-corrected chi connectivity index (χ4v) is 4.23.